The second-order valence-corrected chi connectivity index (χ2v) is 9.59. The van der Waals surface area contributed by atoms with Crippen LogP contribution in [0.1, 0.15) is 48.4 Å². The highest BCUT2D eigenvalue weighted by Gasteiger charge is 2.33. The predicted octanol–water partition coefficient (Wildman–Crippen LogP) is 3.71. The number of ether oxygens (including phenoxy) is 1. The van der Waals surface area contributed by atoms with Crippen molar-refractivity contribution in [2.75, 3.05) is 24.4 Å². The molecule has 0 atom stereocenters. The van der Waals surface area contributed by atoms with E-state index in [1.165, 1.54) is 0 Å². The largest absolute Gasteiger partial charge is 0.494 e. The van der Waals surface area contributed by atoms with Gasteiger partial charge in [0, 0.05) is 37.2 Å². The Morgan fingerprint density at radius 3 is 2.30 bits per heavy atom. The van der Waals surface area contributed by atoms with Gasteiger partial charge in [-0.2, -0.15) is 0 Å². The topological polar surface area (TPSA) is 80.6 Å². The maximum atomic E-state index is 13.3. The molecule has 0 saturated carbocycles. The highest BCUT2D eigenvalue weighted by molar-refractivity contribution is 7.92. The van der Waals surface area contributed by atoms with E-state index < -0.39 is 10.0 Å². The van der Waals surface area contributed by atoms with Gasteiger partial charge in [0.1, 0.15) is 10.6 Å². The number of amides is 1. The maximum Gasteiger partial charge on any atom is 0.264 e. The van der Waals surface area contributed by atoms with E-state index in [1.54, 1.807) is 54.6 Å². The van der Waals surface area contributed by atoms with Crippen LogP contribution in [0.5, 0.6) is 5.75 Å². The molecule has 0 radical (unpaired) electrons. The van der Waals surface area contributed by atoms with Crippen LogP contribution in [0.15, 0.2) is 29.2 Å². The Hall–Kier alpha value is -2.48. The Morgan fingerprint density at radius 2 is 1.73 bits per heavy atom. The number of aromatic nitrogens is 1. The van der Waals surface area contributed by atoms with Gasteiger partial charge in [0.2, 0.25) is 0 Å². The van der Waals surface area contributed by atoms with Crippen molar-refractivity contribution in [3.63, 3.8) is 0 Å². The number of nitrogens with one attached hydrogen (secondary N) is 1. The molecule has 1 aromatic carbocycles. The average Bonchev–Trinajstić information content (AvgIpc) is 2.94. The highest BCUT2D eigenvalue weighted by Crippen LogP contribution is 2.30. The van der Waals surface area contributed by atoms with Crippen LogP contribution in [-0.4, -0.2) is 43.5 Å². The van der Waals surface area contributed by atoms with Crippen molar-refractivity contribution >= 4 is 21.6 Å². The molecule has 3 rings (SSSR count). The SMILES string of the molecule is CCOc1ccc(NS(=O)(=O)c2c(C(=O)N3CCC(C)CC3)c(C)n(C)c2C)cc1. The fourth-order valence-electron chi connectivity index (χ4n) is 3.86. The molecule has 0 aliphatic carbocycles. The van der Waals surface area contributed by atoms with E-state index in [-0.39, 0.29) is 16.4 Å². The molecule has 0 unspecified atom stereocenters. The van der Waals surface area contributed by atoms with Crippen LogP contribution < -0.4 is 9.46 Å². The maximum absolute atomic E-state index is 13.3. The summed E-state index contributed by atoms with van der Waals surface area (Å²) in [7, 11) is -2.17. The zero-order valence-electron chi connectivity index (χ0n) is 18.4. The Labute approximate surface area is 179 Å². The van der Waals surface area contributed by atoms with E-state index in [0.717, 1.165) is 12.8 Å². The molecule has 2 aromatic rings. The summed E-state index contributed by atoms with van der Waals surface area (Å²) >= 11 is 0. The van der Waals surface area contributed by atoms with Gasteiger partial charge in [0.25, 0.3) is 15.9 Å². The van der Waals surface area contributed by atoms with Crippen molar-refractivity contribution in [3.05, 3.63) is 41.2 Å². The van der Waals surface area contributed by atoms with Gasteiger partial charge in [0.05, 0.1) is 12.2 Å². The highest BCUT2D eigenvalue weighted by atomic mass is 32.2. The van der Waals surface area contributed by atoms with Crippen LogP contribution in [0.2, 0.25) is 0 Å². The molecule has 0 spiro atoms. The zero-order valence-corrected chi connectivity index (χ0v) is 19.2. The van der Waals surface area contributed by atoms with Crippen molar-refractivity contribution in [2.45, 2.75) is 45.4 Å². The lowest BCUT2D eigenvalue weighted by Gasteiger charge is -2.30. The summed E-state index contributed by atoms with van der Waals surface area (Å²) in [6, 6.07) is 6.74. The van der Waals surface area contributed by atoms with Gasteiger partial charge in [0.15, 0.2) is 0 Å². The van der Waals surface area contributed by atoms with Gasteiger partial charge in [-0.1, -0.05) is 6.92 Å². The molecule has 30 heavy (non-hydrogen) atoms. The summed E-state index contributed by atoms with van der Waals surface area (Å²) in [4.78, 5) is 15.2. The lowest BCUT2D eigenvalue weighted by atomic mass is 9.98. The number of nitrogens with zero attached hydrogens (tertiary/aromatic N) is 2. The third-order valence-electron chi connectivity index (χ3n) is 5.89. The molecule has 1 aromatic heterocycles. The van der Waals surface area contributed by atoms with E-state index in [4.69, 9.17) is 4.74 Å². The molecule has 164 valence electrons. The first kappa shape index (κ1) is 22.2. The van der Waals surface area contributed by atoms with E-state index >= 15 is 0 Å². The normalized spacial score (nSPS) is 15.3. The summed E-state index contributed by atoms with van der Waals surface area (Å²) in [6.07, 6.45) is 1.87. The molecule has 2 heterocycles. The van der Waals surface area contributed by atoms with Crippen molar-refractivity contribution in [1.29, 1.82) is 0 Å². The van der Waals surface area contributed by atoms with Crippen molar-refractivity contribution in [3.8, 4) is 5.75 Å². The number of sulfonamides is 1. The summed E-state index contributed by atoms with van der Waals surface area (Å²) in [5.41, 5.74) is 1.88. The van der Waals surface area contributed by atoms with Crippen molar-refractivity contribution in [2.24, 2.45) is 13.0 Å². The first-order chi connectivity index (χ1) is 14.2. The third-order valence-corrected chi connectivity index (χ3v) is 7.44. The molecule has 1 fully saturated rings. The Kier molecular flexibility index (Phi) is 6.45. The fourth-order valence-corrected chi connectivity index (χ4v) is 5.44. The molecule has 1 saturated heterocycles. The molecule has 1 aliphatic heterocycles. The number of carbonyl (C=O) groups is 1. The summed E-state index contributed by atoms with van der Waals surface area (Å²) in [5.74, 6) is 1.04. The molecular formula is C22H31N3O4S. The monoisotopic (exact) mass is 433 g/mol. The van der Waals surface area contributed by atoms with Crippen molar-refractivity contribution in [1.82, 2.24) is 9.47 Å². The number of piperidine rings is 1. The van der Waals surface area contributed by atoms with Gasteiger partial charge in [-0.15, -0.1) is 0 Å². The molecule has 7 nitrogen and oxygen atoms in total. The van der Waals surface area contributed by atoms with Crippen LogP contribution in [0.3, 0.4) is 0 Å². The molecule has 0 bridgehead atoms. The second kappa shape index (κ2) is 8.71. The smallest absolute Gasteiger partial charge is 0.264 e. The Bertz CT molecular complexity index is 1020. The Balaban J connectivity index is 1.96. The van der Waals surface area contributed by atoms with Crippen molar-refractivity contribution < 1.29 is 17.9 Å². The summed E-state index contributed by atoms with van der Waals surface area (Å²) in [5, 5.41) is 0. The lowest BCUT2D eigenvalue weighted by Crippen LogP contribution is -2.38. The fraction of sp³-hybridized carbons (Fsp3) is 0.500. The lowest BCUT2D eigenvalue weighted by molar-refractivity contribution is 0.0692. The van der Waals surface area contributed by atoms with E-state index in [1.807, 2.05) is 6.92 Å². The molecular weight excluding hydrogens is 402 g/mol. The first-order valence-corrected chi connectivity index (χ1v) is 11.8. The van der Waals surface area contributed by atoms with Gasteiger partial charge in [-0.25, -0.2) is 8.42 Å². The van der Waals surface area contributed by atoms with Gasteiger partial charge >= 0.3 is 0 Å². The van der Waals surface area contributed by atoms with Crippen LogP contribution >= 0.6 is 0 Å². The van der Waals surface area contributed by atoms with Gasteiger partial charge in [-0.05, 0) is 63.8 Å². The van der Waals surface area contributed by atoms with Gasteiger partial charge < -0.3 is 14.2 Å². The first-order valence-electron chi connectivity index (χ1n) is 10.4. The summed E-state index contributed by atoms with van der Waals surface area (Å²) < 4.78 is 36.5. The Morgan fingerprint density at radius 1 is 1.13 bits per heavy atom. The minimum Gasteiger partial charge on any atom is -0.494 e. The van der Waals surface area contributed by atoms with Crippen LogP contribution in [0.25, 0.3) is 0 Å². The van der Waals surface area contributed by atoms with Crippen LogP contribution in [-0.2, 0) is 17.1 Å². The third kappa shape index (κ3) is 4.33. The van der Waals surface area contributed by atoms with E-state index in [9.17, 15) is 13.2 Å². The standard InChI is InChI=1S/C22H31N3O4S/c1-6-29-19-9-7-18(8-10-19)23-30(27,28)21-17(4)24(5)16(3)20(21)22(26)25-13-11-15(2)12-14-25/h7-10,15,23H,6,11-14H2,1-5H3. The van der Waals surface area contributed by atoms with Crippen LogP contribution in [0.4, 0.5) is 5.69 Å². The molecule has 1 amide bonds. The number of benzene rings is 1. The van der Waals surface area contributed by atoms with Crippen LogP contribution in [0, 0.1) is 19.8 Å². The predicted molar refractivity (Wildman–Crippen MR) is 118 cm³/mol. The quantitative estimate of drug-likeness (QED) is 0.753. The van der Waals surface area contributed by atoms with E-state index in [2.05, 4.69) is 11.6 Å². The van der Waals surface area contributed by atoms with Gasteiger partial charge in [-0.3, -0.25) is 9.52 Å². The minimum atomic E-state index is -3.96. The number of hydrogen-bond acceptors (Lipinski definition) is 4. The number of rotatable bonds is 6. The number of likely N-dealkylation sites (tertiary alicyclic amines) is 1. The molecule has 1 aliphatic rings. The number of anilines is 1. The number of carbonyl (C=O) groups excluding carboxylic acids is 1. The zero-order chi connectivity index (χ0) is 22.1. The average molecular weight is 434 g/mol. The molecule has 1 N–H and O–H groups in total. The van der Waals surface area contributed by atoms with E-state index in [0.29, 0.717) is 48.4 Å². The number of hydrogen-bond donors (Lipinski definition) is 1. The minimum absolute atomic E-state index is 0.0556. The second-order valence-electron chi connectivity index (χ2n) is 7.97. The molecule has 8 heteroatoms. The summed E-state index contributed by atoms with van der Waals surface area (Å²) in [6.45, 7) is 9.43.